The van der Waals surface area contributed by atoms with Gasteiger partial charge in [0.05, 0.1) is 36.4 Å². The zero-order valence-electron chi connectivity index (χ0n) is 42.6. The second-order valence-corrected chi connectivity index (χ2v) is 22.9. The highest BCUT2D eigenvalue weighted by Crippen LogP contribution is 2.39. The summed E-state index contributed by atoms with van der Waals surface area (Å²) >= 11 is 1.51. The Hall–Kier alpha value is -10.9. The number of sulfone groups is 2. The van der Waals surface area contributed by atoms with Gasteiger partial charge in [0.2, 0.25) is 19.7 Å². The molecule has 14 aromatic rings. The van der Waals surface area contributed by atoms with Crippen LogP contribution in [0, 0.1) is 30.3 Å². The molecule has 0 aliphatic heterocycles. The second kappa shape index (κ2) is 23.3. The molecule has 4 aromatic heterocycles. The molecule has 84 heavy (non-hydrogen) atoms. The highest BCUT2D eigenvalue weighted by Gasteiger charge is 2.29. The maximum absolute atomic E-state index is 13.2. The molecule has 0 unspecified atom stereocenters. The standard InChI is InChI=1S/C17H11N3O4S.C17H11N3O2S.C17H13N3O2S.C7H5N3O2.CH4/c21-20(22)14-9-4-8-13-16(14)18-19-17(13)25(23,24)15-10-3-6-11-5-1-2-7-12(11)15;21-20(22)14-9-4-8-13-16(14)18-19-17(13)23-15-10-3-6-11-5-1-2-7-12(11)15;18-14-9-4-8-13-16(14)19-20-17(13)23(21,22)15-10-3-6-11-5-1-2-7-12(11)15;11-10(12)6-3-1-2-5-4-8-9-7(5)6;/h1-10H,(H,18,19);1-10H,(H,18,19);1-10H,18H2,(H,19,20);1-4H,(H,8,9);1H4. The molecule has 6 N–H and O–H groups in total. The largest absolute Gasteiger partial charge is 0.397 e. The third-order valence-electron chi connectivity index (χ3n) is 13.3. The number of nitro groups is 3. The molecule has 0 saturated carbocycles. The lowest BCUT2D eigenvalue weighted by Gasteiger charge is -2.07. The minimum absolute atomic E-state index is 0. The summed E-state index contributed by atoms with van der Waals surface area (Å²) in [5.41, 5.74) is 7.58. The van der Waals surface area contributed by atoms with Crippen LogP contribution in [0.15, 0.2) is 236 Å². The maximum Gasteiger partial charge on any atom is 0.297 e. The van der Waals surface area contributed by atoms with E-state index in [0.29, 0.717) is 38.4 Å². The number of nitrogens with one attached hydrogen (secondary N) is 4. The number of aromatic amines is 4. The first-order chi connectivity index (χ1) is 40.1. The van der Waals surface area contributed by atoms with Crippen molar-refractivity contribution in [2.45, 2.75) is 37.2 Å². The van der Waals surface area contributed by atoms with E-state index >= 15 is 0 Å². The normalized spacial score (nSPS) is 11.3. The van der Waals surface area contributed by atoms with Gasteiger partial charge in [-0.1, -0.05) is 159 Å². The molecule has 0 aliphatic carbocycles. The predicted octanol–water partition coefficient (Wildman–Crippen LogP) is 13.5. The second-order valence-electron chi connectivity index (χ2n) is 18.2. The molecule has 0 fully saturated rings. The first-order valence-corrected chi connectivity index (χ1v) is 28.5. The van der Waals surface area contributed by atoms with Gasteiger partial charge in [0.25, 0.3) is 17.1 Å². The number of anilines is 1. The van der Waals surface area contributed by atoms with Crippen molar-refractivity contribution in [3.8, 4) is 0 Å². The van der Waals surface area contributed by atoms with Crippen molar-refractivity contribution in [2.75, 3.05) is 5.73 Å². The molecule has 0 amide bonds. The summed E-state index contributed by atoms with van der Waals surface area (Å²) in [6.45, 7) is 0. The van der Waals surface area contributed by atoms with Crippen molar-refractivity contribution in [2.24, 2.45) is 0 Å². The molecule has 4 heterocycles. The van der Waals surface area contributed by atoms with Gasteiger partial charge in [-0.25, -0.2) is 16.8 Å². The lowest BCUT2D eigenvalue weighted by molar-refractivity contribution is -0.383. The van der Waals surface area contributed by atoms with Gasteiger partial charge >= 0.3 is 0 Å². The van der Waals surface area contributed by atoms with E-state index in [1.165, 1.54) is 48.2 Å². The van der Waals surface area contributed by atoms with E-state index in [9.17, 15) is 47.2 Å². The summed E-state index contributed by atoms with van der Waals surface area (Å²) in [5.74, 6) is 0. The molecule has 0 atom stereocenters. The van der Waals surface area contributed by atoms with Gasteiger partial charge in [-0.05, 0) is 64.0 Å². The number of nitro benzene ring substituents is 3. The van der Waals surface area contributed by atoms with Crippen molar-refractivity contribution >= 4 is 130 Å². The van der Waals surface area contributed by atoms with Crippen molar-refractivity contribution < 1.29 is 31.6 Å². The van der Waals surface area contributed by atoms with E-state index in [1.807, 2.05) is 72.8 Å². The van der Waals surface area contributed by atoms with Gasteiger partial charge in [-0.2, -0.15) is 20.4 Å². The molecule has 25 heteroatoms. The van der Waals surface area contributed by atoms with Crippen LogP contribution in [0.1, 0.15) is 7.43 Å². The number of rotatable bonds is 9. The number of para-hydroxylation sites is 4. The molecule has 10 aromatic carbocycles. The highest BCUT2D eigenvalue weighted by molar-refractivity contribution is 7.99. The summed E-state index contributed by atoms with van der Waals surface area (Å²) in [4.78, 5) is 32.7. The van der Waals surface area contributed by atoms with E-state index in [4.69, 9.17) is 5.73 Å². The topological polar surface area (TPSA) is 338 Å². The monoisotopic (exact) mass is 1180 g/mol. The highest BCUT2D eigenvalue weighted by atomic mass is 32.2. The Kier molecular flexibility index (Phi) is 15.6. The lowest BCUT2D eigenvalue weighted by Crippen LogP contribution is -2.04. The molecule has 22 nitrogen and oxygen atoms in total. The van der Waals surface area contributed by atoms with Gasteiger partial charge in [-0.3, -0.25) is 50.7 Å². The van der Waals surface area contributed by atoms with E-state index < -0.39 is 34.4 Å². The Morgan fingerprint density at radius 3 is 1.40 bits per heavy atom. The van der Waals surface area contributed by atoms with Gasteiger partial charge in [-0.15, -0.1) is 0 Å². The third-order valence-corrected chi connectivity index (χ3v) is 17.9. The average Bonchev–Trinajstić information content (AvgIpc) is 3.92. The number of aromatic nitrogens is 8. The van der Waals surface area contributed by atoms with Gasteiger partial charge in [0.15, 0.2) is 15.6 Å². The summed E-state index contributed by atoms with van der Waals surface area (Å²) in [6, 6.07) is 58.2. The Bertz CT molecular complexity index is 5090. The SMILES string of the molecule is C.Nc1cccc2c(S(=O)(=O)c3cccc4ccccc34)[nH]nc12.O=[N+]([O-])c1cccc2c(S(=O)(=O)c3cccc4ccccc34)[nH]nc12.O=[N+]([O-])c1cccc2c(Sc3cccc4ccccc34)n[nH]c12.O=[N+]([O-])c1cccc2cn[nH]c12. The summed E-state index contributed by atoms with van der Waals surface area (Å²) < 4.78 is 52.6. The third kappa shape index (κ3) is 10.7. The molecule has 418 valence electrons. The summed E-state index contributed by atoms with van der Waals surface area (Å²) in [7, 11) is -7.67. The van der Waals surface area contributed by atoms with E-state index in [1.54, 1.807) is 79.0 Å². The molecule has 0 bridgehead atoms. The summed E-state index contributed by atoms with van der Waals surface area (Å²) in [6.07, 6.45) is 1.56. The first-order valence-electron chi connectivity index (χ1n) is 24.7. The van der Waals surface area contributed by atoms with Crippen molar-refractivity contribution in [3.05, 3.63) is 237 Å². The maximum atomic E-state index is 13.2. The van der Waals surface area contributed by atoms with E-state index in [0.717, 1.165) is 42.2 Å². The van der Waals surface area contributed by atoms with Gasteiger partial charge < -0.3 is 5.73 Å². The van der Waals surface area contributed by atoms with Crippen LogP contribution in [0.3, 0.4) is 0 Å². The molecular formula is C59H44N12O10S3. The first kappa shape index (κ1) is 56.4. The fraction of sp³-hybridized carbons (Fsp3) is 0.0169. The van der Waals surface area contributed by atoms with Crippen LogP contribution in [0.25, 0.3) is 75.9 Å². The number of hydrogen-bond acceptors (Lipinski definition) is 16. The number of H-pyrrole nitrogens is 4. The van der Waals surface area contributed by atoms with Crippen LogP contribution in [0.5, 0.6) is 0 Å². The number of benzene rings is 10. The van der Waals surface area contributed by atoms with Crippen LogP contribution in [-0.4, -0.2) is 72.4 Å². The van der Waals surface area contributed by atoms with Gasteiger partial charge in [0, 0.05) is 55.4 Å². The Morgan fingerprint density at radius 2 is 0.821 bits per heavy atom. The minimum Gasteiger partial charge on any atom is -0.397 e. The van der Waals surface area contributed by atoms with Crippen molar-refractivity contribution in [1.82, 2.24) is 40.8 Å². The zero-order chi connectivity index (χ0) is 58.0. The molecule has 0 spiro atoms. The van der Waals surface area contributed by atoms with Crippen LogP contribution in [0.2, 0.25) is 0 Å². The van der Waals surface area contributed by atoms with E-state index in [2.05, 4.69) is 59.0 Å². The Balaban J connectivity index is 0.000000127. The summed E-state index contributed by atoms with van der Waals surface area (Å²) in [5, 5.41) is 67.2. The Labute approximate surface area is 479 Å². The molecular weight excluding hydrogens is 1130 g/mol. The minimum atomic E-state index is -3.93. The number of nitrogen functional groups attached to an aromatic ring is 1. The fourth-order valence-corrected chi connectivity index (χ4v) is 13.6. The predicted molar refractivity (Wildman–Crippen MR) is 322 cm³/mol. The number of nitrogens with two attached hydrogens (primary N) is 1. The van der Waals surface area contributed by atoms with E-state index in [-0.39, 0.29) is 55.2 Å². The van der Waals surface area contributed by atoms with Crippen LogP contribution in [0.4, 0.5) is 22.7 Å². The number of hydrogen-bond donors (Lipinski definition) is 5. The lowest BCUT2D eigenvalue weighted by atomic mass is 10.1. The van der Waals surface area contributed by atoms with Crippen LogP contribution in [-0.2, 0) is 19.7 Å². The molecule has 0 radical (unpaired) electrons. The van der Waals surface area contributed by atoms with Crippen LogP contribution < -0.4 is 5.73 Å². The van der Waals surface area contributed by atoms with Gasteiger partial charge in [0.1, 0.15) is 21.6 Å². The van der Waals surface area contributed by atoms with Crippen molar-refractivity contribution in [3.63, 3.8) is 0 Å². The zero-order valence-corrected chi connectivity index (χ0v) is 45.1. The van der Waals surface area contributed by atoms with Crippen molar-refractivity contribution in [1.29, 1.82) is 0 Å². The fourth-order valence-electron chi connectivity index (χ4n) is 9.40. The number of non-ortho nitro benzene ring substituents is 3. The molecule has 14 rings (SSSR count). The number of nitrogens with zero attached hydrogens (tertiary/aromatic N) is 7. The molecule has 0 aliphatic rings. The Morgan fingerprint density at radius 1 is 0.405 bits per heavy atom. The number of fused-ring (bicyclic) bond motifs is 7. The quantitative estimate of drug-likeness (QED) is 0.0509. The average molecular weight is 1180 g/mol. The van der Waals surface area contributed by atoms with Crippen LogP contribution >= 0.6 is 11.8 Å². The molecule has 0 saturated heterocycles. The smallest absolute Gasteiger partial charge is 0.297 e.